The van der Waals surface area contributed by atoms with Crippen LogP contribution in [0.3, 0.4) is 0 Å². The minimum atomic E-state index is 0.335. The summed E-state index contributed by atoms with van der Waals surface area (Å²) in [4.78, 5) is 4.28. The average molecular weight is 280 g/mol. The summed E-state index contributed by atoms with van der Waals surface area (Å²) in [5, 5.41) is 6.39. The van der Waals surface area contributed by atoms with Crippen molar-refractivity contribution in [1.29, 1.82) is 0 Å². The summed E-state index contributed by atoms with van der Waals surface area (Å²) < 4.78 is 0. The van der Waals surface area contributed by atoms with Crippen molar-refractivity contribution in [2.45, 2.75) is 5.92 Å². The van der Waals surface area contributed by atoms with Gasteiger partial charge in [0.25, 0.3) is 0 Å². The monoisotopic (exact) mass is 280 g/mol. The van der Waals surface area contributed by atoms with Gasteiger partial charge in [0.05, 0.1) is 0 Å². The maximum absolute atomic E-state index is 4.28. The van der Waals surface area contributed by atoms with Crippen LogP contribution in [0.2, 0.25) is 0 Å². The summed E-state index contributed by atoms with van der Waals surface area (Å²) in [5.41, 5.74) is 2.64. The fourth-order valence-corrected chi connectivity index (χ4v) is 2.84. The number of benzene rings is 2. The first-order valence-corrected chi connectivity index (χ1v) is 7.55. The number of nitrogens with zero attached hydrogens (tertiary/aromatic N) is 1. The maximum Gasteiger partial charge on any atom is 0.182 e. The van der Waals surface area contributed by atoms with Crippen molar-refractivity contribution in [2.75, 3.05) is 11.9 Å². The van der Waals surface area contributed by atoms with Crippen LogP contribution < -0.4 is 5.32 Å². The van der Waals surface area contributed by atoms with Gasteiger partial charge in [-0.3, -0.25) is 0 Å². The van der Waals surface area contributed by atoms with Crippen molar-refractivity contribution in [3.8, 4) is 0 Å². The molecule has 0 aliphatic heterocycles. The highest BCUT2D eigenvalue weighted by atomic mass is 32.1. The third-order valence-corrected chi connectivity index (χ3v) is 4.02. The molecule has 0 fully saturated rings. The number of hydrogen-bond donors (Lipinski definition) is 1. The highest BCUT2D eigenvalue weighted by Crippen LogP contribution is 2.25. The van der Waals surface area contributed by atoms with Gasteiger partial charge < -0.3 is 5.32 Å². The maximum atomic E-state index is 4.28. The Balaban J connectivity index is 1.84. The molecular formula is C17H16N2S. The third-order valence-electron chi connectivity index (χ3n) is 3.29. The SMILES string of the molecule is c1ccc(C(CNc2nccs2)c2ccccc2)cc1. The quantitative estimate of drug-likeness (QED) is 0.750. The molecule has 0 unspecified atom stereocenters. The molecule has 2 aromatic carbocycles. The van der Waals surface area contributed by atoms with Crippen LogP contribution in [0, 0.1) is 0 Å². The molecule has 100 valence electrons. The molecule has 1 aromatic heterocycles. The molecule has 0 aliphatic carbocycles. The molecule has 3 rings (SSSR count). The smallest absolute Gasteiger partial charge is 0.182 e. The Morgan fingerprint density at radius 1 is 0.900 bits per heavy atom. The van der Waals surface area contributed by atoms with E-state index in [1.54, 1.807) is 11.3 Å². The Bertz CT molecular complexity index is 581. The van der Waals surface area contributed by atoms with Crippen molar-refractivity contribution in [3.63, 3.8) is 0 Å². The van der Waals surface area contributed by atoms with Gasteiger partial charge in [0.15, 0.2) is 5.13 Å². The number of anilines is 1. The van der Waals surface area contributed by atoms with E-state index in [4.69, 9.17) is 0 Å². The van der Waals surface area contributed by atoms with Crippen LogP contribution in [0.4, 0.5) is 5.13 Å². The van der Waals surface area contributed by atoms with Gasteiger partial charge in [-0.25, -0.2) is 4.98 Å². The first kappa shape index (κ1) is 12.9. The van der Waals surface area contributed by atoms with E-state index < -0.39 is 0 Å². The van der Waals surface area contributed by atoms with Crippen molar-refractivity contribution < 1.29 is 0 Å². The van der Waals surface area contributed by atoms with E-state index in [1.165, 1.54) is 11.1 Å². The minimum absolute atomic E-state index is 0.335. The molecule has 0 atom stereocenters. The molecule has 0 saturated heterocycles. The first-order chi connectivity index (χ1) is 9.93. The summed E-state index contributed by atoms with van der Waals surface area (Å²) in [6.07, 6.45) is 1.83. The number of nitrogens with one attached hydrogen (secondary N) is 1. The standard InChI is InChI=1S/C17H16N2S/c1-3-7-14(8-4-1)16(15-9-5-2-6-10-15)13-19-17-18-11-12-20-17/h1-12,16H,13H2,(H,18,19). The van der Waals surface area contributed by atoms with Crippen molar-refractivity contribution in [3.05, 3.63) is 83.4 Å². The van der Waals surface area contributed by atoms with Gasteiger partial charge in [-0.15, -0.1) is 11.3 Å². The lowest BCUT2D eigenvalue weighted by molar-refractivity contribution is 0.852. The lowest BCUT2D eigenvalue weighted by Gasteiger charge is -2.18. The van der Waals surface area contributed by atoms with E-state index in [0.717, 1.165) is 11.7 Å². The summed E-state index contributed by atoms with van der Waals surface area (Å²) in [6.45, 7) is 0.849. The topological polar surface area (TPSA) is 24.9 Å². The zero-order valence-corrected chi connectivity index (χ0v) is 11.9. The lowest BCUT2D eigenvalue weighted by Crippen LogP contribution is -2.13. The van der Waals surface area contributed by atoms with E-state index in [0.29, 0.717) is 5.92 Å². The van der Waals surface area contributed by atoms with Crippen molar-refractivity contribution >= 4 is 16.5 Å². The Labute approximate surface area is 123 Å². The molecule has 2 nitrogen and oxygen atoms in total. The van der Waals surface area contributed by atoms with Gasteiger partial charge in [0.2, 0.25) is 0 Å². The van der Waals surface area contributed by atoms with Crippen LogP contribution in [-0.2, 0) is 0 Å². The molecule has 1 N–H and O–H groups in total. The van der Waals surface area contributed by atoms with E-state index >= 15 is 0 Å². The Morgan fingerprint density at radius 3 is 2.00 bits per heavy atom. The number of thiazole rings is 1. The summed E-state index contributed by atoms with van der Waals surface area (Å²) >= 11 is 1.63. The van der Waals surface area contributed by atoms with Crippen LogP contribution in [0.25, 0.3) is 0 Å². The summed E-state index contributed by atoms with van der Waals surface area (Å²) in [6, 6.07) is 21.2. The zero-order valence-electron chi connectivity index (χ0n) is 11.1. The second-order valence-corrected chi connectivity index (χ2v) is 5.49. The third kappa shape index (κ3) is 3.06. The van der Waals surface area contributed by atoms with Crippen LogP contribution in [0.15, 0.2) is 72.2 Å². The number of aromatic nitrogens is 1. The second kappa shape index (κ2) is 6.35. The van der Waals surface area contributed by atoms with E-state index in [2.05, 4.69) is 71.0 Å². The highest BCUT2D eigenvalue weighted by Gasteiger charge is 2.13. The van der Waals surface area contributed by atoms with E-state index in [-0.39, 0.29) is 0 Å². The van der Waals surface area contributed by atoms with Crippen LogP contribution in [0.1, 0.15) is 17.0 Å². The van der Waals surface area contributed by atoms with Gasteiger partial charge in [-0.05, 0) is 11.1 Å². The molecule has 0 amide bonds. The Hall–Kier alpha value is -2.13. The molecule has 20 heavy (non-hydrogen) atoms. The molecular weight excluding hydrogens is 264 g/mol. The number of hydrogen-bond acceptors (Lipinski definition) is 3. The van der Waals surface area contributed by atoms with Crippen LogP contribution in [-0.4, -0.2) is 11.5 Å². The predicted molar refractivity (Wildman–Crippen MR) is 85.3 cm³/mol. The van der Waals surface area contributed by atoms with Crippen LogP contribution in [0.5, 0.6) is 0 Å². The van der Waals surface area contributed by atoms with E-state index in [9.17, 15) is 0 Å². The van der Waals surface area contributed by atoms with Crippen molar-refractivity contribution in [2.24, 2.45) is 0 Å². The molecule has 0 saturated carbocycles. The fourth-order valence-electron chi connectivity index (χ4n) is 2.30. The summed E-state index contributed by atoms with van der Waals surface area (Å²) in [7, 11) is 0. The zero-order chi connectivity index (χ0) is 13.6. The molecule has 3 aromatic rings. The van der Waals surface area contributed by atoms with Crippen LogP contribution >= 0.6 is 11.3 Å². The average Bonchev–Trinajstić information content (AvgIpc) is 3.03. The number of rotatable bonds is 5. The minimum Gasteiger partial charge on any atom is -0.361 e. The molecule has 3 heteroatoms. The Kier molecular flexibility index (Phi) is 4.09. The van der Waals surface area contributed by atoms with Crippen molar-refractivity contribution in [1.82, 2.24) is 4.98 Å². The first-order valence-electron chi connectivity index (χ1n) is 6.67. The van der Waals surface area contributed by atoms with Gasteiger partial charge in [-0.2, -0.15) is 0 Å². The predicted octanol–water partition coefficient (Wildman–Crippen LogP) is 4.39. The summed E-state index contributed by atoms with van der Waals surface area (Å²) in [5.74, 6) is 0.335. The molecule has 0 spiro atoms. The second-order valence-electron chi connectivity index (χ2n) is 4.59. The van der Waals surface area contributed by atoms with Gasteiger partial charge in [0.1, 0.15) is 0 Å². The molecule has 0 bridgehead atoms. The van der Waals surface area contributed by atoms with E-state index in [1.807, 2.05) is 11.6 Å². The van der Waals surface area contributed by atoms with Gasteiger partial charge in [-0.1, -0.05) is 60.7 Å². The lowest BCUT2D eigenvalue weighted by atomic mass is 9.91. The fraction of sp³-hybridized carbons (Fsp3) is 0.118. The Morgan fingerprint density at radius 2 is 1.50 bits per heavy atom. The molecule has 0 radical (unpaired) electrons. The van der Waals surface area contributed by atoms with Gasteiger partial charge in [0, 0.05) is 24.0 Å². The highest BCUT2D eigenvalue weighted by molar-refractivity contribution is 7.13. The van der Waals surface area contributed by atoms with Gasteiger partial charge >= 0.3 is 0 Å². The largest absolute Gasteiger partial charge is 0.361 e. The molecule has 1 heterocycles. The normalized spacial score (nSPS) is 10.7. The molecule has 0 aliphatic rings.